The fourth-order valence-corrected chi connectivity index (χ4v) is 5.40. The number of methoxy groups -OCH3 is 1. The number of rotatable bonds is 9. The molecule has 2 atom stereocenters. The average molecular weight is 585 g/mol. The maximum Gasteiger partial charge on any atom is 0.345 e. The number of thiophene rings is 1. The summed E-state index contributed by atoms with van der Waals surface area (Å²) in [5, 5.41) is 12.7. The molecule has 1 aromatic heterocycles. The number of carbonyl (C=O) groups is 3. The van der Waals surface area contributed by atoms with Gasteiger partial charge in [-0.25, -0.2) is 15.1 Å². The van der Waals surface area contributed by atoms with Gasteiger partial charge in [-0.2, -0.15) is 0 Å². The van der Waals surface area contributed by atoms with Crippen LogP contribution in [0.3, 0.4) is 0 Å². The Kier molecular flexibility index (Phi) is 9.62. The van der Waals surface area contributed by atoms with E-state index in [1.54, 1.807) is 36.4 Å². The zero-order valence-electron chi connectivity index (χ0n) is 21.9. The Morgan fingerprint density at radius 1 is 1.20 bits per heavy atom. The molecule has 0 aliphatic carbocycles. The van der Waals surface area contributed by atoms with Crippen molar-refractivity contribution in [3.8, 4) is 11.5 Å². The van der Waals surface area contributed by atoms with E-state index in [1.807, 2.05) is 25.1 Å². The standard InChI is InChI=1S/C28H29ClN4O6S/c1-3-21(23-11-12-24(40-23)27(35)36)31-28(37)33-16-25(32-39-20-7-5-4-6-8-20)30-15-18(26(33)34)13-17-14-19(29)9-10-22(17)38-2/h4-12,14,18,21H,3,13,15-16H2,1-2H3,(H,30,32)(H,31,37)(H,35,36)/t18?,21-/m1/s1. The van der Waals surface area contributed by atoms with Crippen LogP contribution in [0.15, 0.2) is 65.7 Å². The van der Waals surface area contributed by atoms with Crippen molar-refractivity contribution >= 4 is 46.7 Å². The number of halogens is 1. The summed E-state index contributed by atoms with van der Waals surface area (Å²) in [5.41, 5.74) is 3.50. The van der Waals surface area contributed by atoms with Crippen LogP contribution in [0.2, 0.25) is 5.02 Å². The van der Waals surface area contributed by atoms with Gasteiger partial charge in [-0.15, -0.1) is 11.3 Å². The molecule has 3 N–H and O–H groups in total. The van der Waals surface area contributed by atoms with E-state index in [4.69, 9.17) is 21.2 Å². The van der Waals surface area contributed by atoms with Crippen molar-refractivity contribution in [2.45, 2.75) is 25.8 Å². The van der Waals surface area contributed by atoms with Gasteiger partial charge < -0.3 is 20.0 Å². The van der Waals surface area contributed by atoms with E-state index in [2.05, 4.69) is 15.8 Å². The largest absolute Gasteiger partial charge is 0.496 e. The molecule has 1 unspecified atom stereocenters. The Bertz CT molecular complexity index is 1400. The molecular weight excluding hydrogens is 556 g/mol. The lowest BCUT2D eigenvalue weighted by Crippen LogP contribution is -2.50. The SMILES string of the molecule is CC[C@@H](NC(=O)N1CC(NOc2ccccc2)=NCC(Cc2cc(Cl)ccc2OC)C1=O)c1ccc(C(=O)O)s1. The van der Waals surface area contributed by atoms with E-state index in [-0.39, 0.29) is 24.4 Å². The number of urea groups is 1. The Morgan fingerprint density at radius 2 is 1.98 bits per heavy atom. The van der Waals surface area contributed by atoms with Crippen LogP contribution >= 0.6 is 22.9 Å². The van der Waals surface area contributed by atoms with Crippen molar-refractivity contribution in [3.63, 3.8) is 0 Å². The third kappa shape index (κ3) is 7.10. The monoisotopic (exact) mass is 584 g/mol. The Morgan fingerprint density at radius 3 is 2.65 bits per heavy atom. The van der Waals surface area contributed by atoms with E-state index >= 15 is 0 Å². The summed E-state index contributed by atoms with van der Waals surface area (Å²) < 4.78 is 5.45. The minimum Gasteiger partial charge on any atom is -0.496 e. The molecule has 12 heteroatoms. The second kappa shape index (κ2) is 13.3. The van der Waals surface area contributed by atoms with E-state index in [9.17, 15) is 19.5 Å². The summed E-state index contributed by atoms with van der Waals surface area (Å²) in [4.78, 5) is 50.8. The Labute approximate surface area is 240 Å². The van der Waals surface area contributed by atoms with Crippen LogP contribution in [-0.2, 0) is 11.2 Å². The van der Waals surface area contributed by atoms with Crippen molar-refractivity contribution in [1.82, 2.24) is 15.7 Å². The summed E-state index contributed by atoms with van der Waals surface area (Å²) >= 11 is 7.29. The number of hydrogen-bond acceptors (Lipinski definition) is 8. The highest BCUT2D eigenvalue weighted by molar-refractivity contribution is 7.14. The molecule has 0 spiro atoms. The maximum atomic E-state index is 13.8. The normalized spacial score (nSPS) is 16.0. The lowest BCUT2D eigenvalue weighted by Gasteiger charge is -2.26. The molecule has 4 rings (SSSR count). The number of aromatic carboxylic acids is 1. The fraction of sp³-hybridized carbons (Fsp3) is 0.286. The second-order valence-corrected chi connectivity index (χ2v) is 10.6. The number of carboxylic acid groups (broad SMARTS) is 1. The molecular formula is C28H29ClN4O6S. The number of amidine groups is 1. The highest BCUT2D eigenvalue weighted by atomic mass is 35.5. The molecule has 10 nitrogen and oxygen atoms in total. The first-order chi connectivity index (χ1) is 19.3. The summed E-state index contributed by atoms with van der Waals surface area (Å²) in [6.07, 6.45) is 0.736. The molecule has 2 aromatic carbocycles. The molecule has 0 bridgehead atoms. The number of benzene rings is 2. The fourth-order valence-electron chi connectivity index (χ4n) is 4.22. The third-order valence-corrected chi connectivity index (χ3v) is 7.72. The van der Waals surface area contributed by atoms with E-state index < -0.39 is 29.9 Å². The number of hydroxylamine groups is 1. The summed E-state index contributed by atoms with van der Waals surface area (Å²) in [5.74, 6) is -0.739. The van der Waals surface area contributed by atoms with Crippen LogP contribution in [0.5, 0.6) is 11.5 Å². The zero-order valence-corrected chi connectivity index (χ0v) is 23.5. The van der Waals surface area contributed by atoms with Crippen LogP contribution in [0.4, 0.5) is 4.79 Å². The number of ether oxygens (including phenoxy) is 1. The number of amides is 3. The van der Waals surface area contributed by atoms with Crippen molar-refractivity contribution in [2.24, 2.45) is 10.9 Å². The van der Waals surface area contributed by atoms with Crippen molar-refractivity contribution in [3.05, 3.63) is 81.0 Å². The Hall–Kier alpha value is -4.09. The Balaban J connectivity index is 1.58. The zero-order chi connectivity index (χ0) is 28.6. The van der Waals surface area contributed by atoms with Gasteiger partial charge in [0.25, 0.3) is 0 Å². The van der Waals surface area contributed by atoms with Gasteiger partial charge in [-0.3, -0.25) is 14.7 Å². The van der Waals surface area contributed by atoms with Gasteiger partial charge in [0.15, 0.2) is 11.6 Å². The molecule has 1 aliphatic heterocycles. The molecule has 0 saturated carbocycles. The van der Waals surface area contributed by atoms with Gasteiger partial charge >= 0.3 is 12.0 Å². The van der Waals surface area contributed by atoms with Crippen LogP contribution in [0.25, 0.3) is 0 Å². The van der Waals surface area contributed by atoms with Crippen LogP contribution in [0.1, 0.15) is 39.5 Å². The predicted molar refractivity (Wildman–Crippen MR) is 152 cm³/mol. The molecule has 0 saturated heterocycles. The molecule has 1 aliphatic rings. The first kappa shape index (κ1) is 28.9. The highest BCUT2D eigenvalue weighted by Gasteiger charge is 2.34. The lowest BCUT2D eigenvalue weighted by atomic mass is 9.97. The minimum atomic E-state index is -1.04. The topological polar surface area (TPSA) is 130 Å². The molecule has 2 heterocycles. The molecule has 40 heavy (non-hydrogen) atoms. The smallest absolute Gasteiger partial charge is 0.345 e. The van der Waals surface area contributed by atoms with Crippen molar-refractivity contribution in [2.75, 3.05) is 20.2 Å². The molecule has 0 radical (unpaired) electrons. The van der Waals surface area contributed by atoms with Crippen LogP contribution in [0, 0.1) is 5.92 Å². The summed E-state index contributed by atoms with van der Waals surface area (Å²) in [6.45, 7) is 1.82. The van der Waals surface area contributed by atoms with E-state index in [0.29, 0.717) is 39.2 Å². The van der Waals surface area contributed by atoms with Crippen molar-refractivity contribution in [1.29, 1.82) is 0 Å². The molecule has 210 valence electrons. The van der Waals surface area contributed by atoms with Gasteiger partial charge in [-0.05, 0) is 60.9 Å². The third-order valence-electron chi connectivity index (χ3n) is 6.30. The van der Waals surface area contributed by atoms with Crippen LogP contribution in [-0.4, -0.2) is 53.9 Å². The van der Waals surface area contributed by atoms with E-state index in [1.165, 1.54) is 13.2 Å². The quantitative estimate of drug-likeness (QED) is 0.303. The molecule has 3 aromatic rings. The van der Waals surface area contributed by atoms with E-state index in [0.717, 1.165) is 16.2 Å². The number of hydrogen-bond donors (Lipinski definition) is 3. The minimum absolute atomic E-state index is 0.100. The molecule has 0 fully saturated rings. The number of aliphatic imine (C=N–C) groups is 1. The number of nitrogens with one attached hydrogen (secondary N) is 2. The predicted octanol–water partition coefficient (Wildman–Crippen LogP) is 4.95. The number of carboxylic acids is 1. The van der Waals surface area contributed by atoms with Crippen LogP contribution < -0.4 is 20.4 Å². The highest BCUT2D eigenvalue weighted by Crippen LogP contribution is 2.28. The number of imide groups is 1. The maximum absolute atomic E-state index is 13.8. The molecule has 3 amide bonds. The first-order valence-electron chi connectivity index (χ1n) is 12.6. The average Bonchev–Trinajstić information content (AvgIpc) is 3.40. The number of para-hydroxylation sites is 1. The lowest BCUT2D eigenvalue weighted by molar-refractivity contribution is -0.131. The van der Waals surface area contributed by atoms with Gasteiger partial charge in [0.1, 0.15) is 10.6 Å². The van der Waals surface area contributed by atoms with Gasteiger partial charge in [-0.1, -0.05) is 36.7 Å². The number of nitrogens with zero attached hydrogens (tertiary/aromatic N) is 2. The summed E-state index contributed by atoms with van der Waals surface area (Å²) in [7, 11) is 1.54. The van der Waals surface area contributed by atoms with Gasteiger partial charge in [0.2, 0.25) is 5.91 Å². The van der Waals surface area contributed by atoms with Gasteiger partial charge in [0, 0.05) is 9.90 Å². The first-order valence-corrected chi connectivity index (χ1v) is 13.8. The summed E-state index contributed by atoms with van der Waals surface area (Å²) in [6, 6.07) is 16.2. The number of carbonyl (C=O) groups excluding carboxylic acids is 2. The van der Waals surface area contributed by atoms with Gasteiger partial charge in [0.05, 0.1) is 32.2 Å². The van der Waals surface area contributed by atoms with Crippen molar-refractivity contribution < 1.29 is 29.1 Å². The second-order valence-electron chi connectivity index (χ2n) is 9.00.